The van der Waals surface area contributed by atoms with E-state index < -0.39 is 15.6 Å². The number of hydrogen-bond donors (Lipinski definition) is 0. The van der Waals surface area contributed by atoms with Crippen molar-refractivity contribution < 1.29 is 48.5 Å². The molecule has 0 unspecified atom stereocenters. The maximum atomic E-state index is 10.7. The van der Waals surface area contributed by atoms with E-state index in [4.69, 9.17) is 27.9 Å². The SMILES string of the molecule is CC(=Nc1c(C(C)C)cccc1C(C)C)c1cccc(C(C)=Nc2c(C(C)C)cccc2C(C)C)n1.O=S(=O)([O-])C(F)(F)F.[Ag+]. The molecule has 0 aliphatic carbocycles. The Morgan fingerprint density at radius 2 is 0.889 bits per heavy atom. The number of aromatic nitrogens is 1. The molecule has 0 spiro atoms. The maximum absolute atomic E-state index is 10.7. The Morgan fingerprint density at radius 3 is 1.11 bits per heavy atom. The zero-order valence-electron chi connectivity index (χ0n) is 27.4. The molecule has 6 nitrogen and oxygen atoms in total. The van der Waals surface area contributed by atoms with Crippen LogP contribution in [0.15, 0.2) is 64.6 Å². The fourth-order valence-corrected chi connectivity index (χ4v) is 4.57. The van der Waals surface area contributed by atoms with Crippen LogP contribution < -0.4 is 0 Å². The third kappa shape index (κ3) is 11.0. The van der Waals surface area contributed by atoms with Crippen LogP contribution in [0.5, 0.6) is 0 Å². The van der Waals surface area contributed by atoms with Crippen LogP contribution in [0.3, 0.4) is 0 Å². The predicted molar refractivity (Wildman–Crippen MR) is 173 cm³/mol. The number of halogens is 3. The monoisotopic (exact) mass is 737 g/mol. The second kappa shape index (κ2) is 16.8. The van der Waals surface area contributed by atoms with Gasteiger partial charge in [0.15, 0.2) is 10.1 Å². The summed E-state index contributed by atoms with van der Waals surface area (Å²) in [6.45, 7) is 22.0. The first-order chi connectivity index (χ1) is 20.3. The molecule has 3 aromatic rings. The minimum Gasteiger partial charge on any atom is -0.741 e. The van der Waals surface area contributed by atoms with E-state index in [9.17, 15) is 13.2 Å². The first kappa shape index (κ1) is 40.4. The third-order valence-corrected chi connectivity index (χ3v) is 7.58. The van der Waals surface area contributed by atoms with Crippen molar-refractivity contribution in [3.8, 4) is 0 Å². The zero-order valence-corrected chi connectivity index (χ0v) is 29.7. The van der Waals surface area contributed by atoms with Gasteiger partial charge in [-0.3, -0.25) is 9.98 Å². The molecule has 0 fully saturated rings. The zero-order chi connectivity index (χ0) is 33.6. The molecule has 2 aromatic carbocycles. The summed E-state index contributed by atoms with van der Waals surface area (Å²) >= 11 is 0. The van der Waals surface area contributed by atoms with E-state index in [-0.39, 0.29) is 22.4 Å². The second-order valence-electron chi connectivity index (χ2n) is 11.9. The summed E-state index contributed by atoms with van der Waals surface area (Å²) in [6.07, 6.45) is 0. The summed E-state index contributed by atoms with van der Waals surface area (Å²) in [5.74, 6) is 1.61. The van der Waals surface area contributed by atoms with Crippen molar-refractivity contribution in [1.29, 1.82) is 0 Å². The van der Waals surface area contributed by atoms with E-state index in [1.54, 1.807) is 0 Å². The molecule has 0 N–H and O–H groups in total. The number of alkyl halides is 3. The molecular weight excluding hydrogens is 695 g/mol. The number of pyridine rings is 1. The molecule has 250 valence electrons. The van der Waals surface area contributed by atoms with Crippen LogP contribution in [0, 0.1) is 0 Å². The van der Waals surface area contributed by atoms with E-state index in [2.05, 4.69) is 112 Å². The minimum absolute atomic E-state index is 0. The molecule has 0 saturated carbocycles. The maximum Gasteiger partial charge on any atom is 1.00 e. The van der Waals surface area contributed by atoms with Gasteiger partial charge in [-0.1, -0.05) is 97.9 Å². The van der Waals surface area contributed by atoms with Gasteiger partial charge in [0.25, 0.3) is 0 Å². The smallest absolute Gasteiger partial charge is 0.741 e. The van der Waals surface area contributed by atoms with Crippen LogP contribution >= 0.6 is 0 Å². The number of aliphatic imine (C=N–C) groups is 2. The molecule has 0 aliphatic rings. The Balaban J connectivity index is 0.000000993. The van der Waals surface area contributed by atoms with Crippen LogP contribution in [0.1, 0.15) is 127 Å². The quantitative estimate of drug-likeness (QED) is 0.0995. The summed E-state index contributed by atoms with van der Waals surface area (Å²) in [5.41, 5.74) is 5.26. The van der Waals surface area contributed by atoms with Gasteiger partial charge in [0.2, 0.25) is 0 Å². The number of para-hydroxylation sites is 2. The van der Waals surface area contributed by atoms with Gasteiger partial charge in [-0.25, -0.2) is 13.4 Å². The summed E-state index contributed by atoms with van der Waals surface area (Å²) in [5, 5.41) is 0. The van der Waals surface area contributed by atoms with Gasteiger partial charge in [0, 0.05) is 0 Å². The molecule has 0 radical (unpaired) electrons. The first-order valence-electron chi connectivity index (χ1n) is 14.6. The van der Waals surface area contributed by atoms with Gasteiger partial charge in [-0.2, -0.15) is 13.2 Å². The van der Waals surface area contributed by atoms with E-state index in [1.807, 2.05) is 12.1 Å². The molecule has 0 aliphatic heterocycles. The second-order valence-corrected chi connectivity index (χ2v) is 13.3. The van der Waals surface area contributed by atoms with E-state index >= 15 is 0 Å². The molecule has 0 saturated heterocycles. The summed E-state index contributed by atoms with van der Waals surface area (Å²) in [4.78, 5) is 15.3. The molecular formula is C34H43AgF3N3O3S. The van der Waals surface area contributed by atoms with Gasteiger partial charge in [-0.15, -0.1) is 0 Å². The molecule has 3 rings (SSSR count). The normalized spacial score (nSPS) is 12.8. The van der Waals surface area contributed by atoms with Crippen molar-refractivity contribution >= 4 is 32.9 Å². The standard InChI is InChI=1S/C33H43N3.CHF3O3S.Ag/c1-20(2)26-14-11-15-27(21(3)4)32(26)34-24(9)30-18-13-19-31(36-30)25(10)35-33-28(22(5)6)16-12-17-29(33)23(7)8;2-1(3,4)8(5,6)7;/h11-23H,1-10H3;(H,5,6,7);/q;;+1/p-1. The average molecular weight is 739 g/mol. The largest absolute Gasteiger partial charge is 1.00 e. The Kier molecular flexibility index (Phi) is 15.1. The molecule has 0 bridgehead atoms. The summed E-state index contributed by atoms with van der Waals surface area (Å²) in [7, 11) is -6.09. The fraction of sp³-hybridized carbons (Fsp3) is 0.441. The van der Waals surface area contributed by atoms with Gasteiger partial charge in [0.05, 0.1) is 34.2 Å². The van der Waals surface area contributed by atoms with Crippen molar-refractivity contribution in [3.63, 3.8) is 0 Å². The van der Waals surface area contributed by atoms with Crippen molar-refractivity contribution in [3.05, 3.63) is 88.2 Å². The fourth-order valence-electron chi connectivity index (χ4n) is 4.57. The summed E-state index contributed by atoms with van der Waals surface area (Å²) in [6, 6.07) is 19.2. The molecule has 11 heteroatoms. The van der Waals surface area contributed by atoms with Crippen molar-refractivity contribution in [1.82, 2.24) is 4.98 Å². The topological polar surface area (TPSA) is 94.8 Å². The van der Waals surface area contributed by atoms with E-state index in [1.165, 1.54) is 22.3 Å². The Labute approximate surface area is 282 Å². The van der Waals surface area contributed by atoms with Gasteiger partial charge in [0.1, 0.15) is 0 Å². The molecule has 1 aromatic heterocycles. The van der Waals surface area contributed by atoms with Crippen LogP contribution in [0.2, 0.25) is 0 Å². The molecule has 0 amide bonds. The number of rotatable bonds is 8. The average Bonchev–Trinajstić information content (AvgIpc) is 2.92. The Bertz CT molecular complexity index is 1470. The van der Waals surface area contributed by atoms with Crippen molar-refractivity contribution in [2.75, 3.05) is 0 Å². The number of nitrogens with zero attached hydrogens (tertiary/aromatic N) is 3. The summed E-state index contributed by atoms with van der Waals surface area (Å²) < 4.78 is 58.9. The Hall–Kier alpha value is -2.63. The van der Waals surface area contributed by atoms with E-state index in [0.29, 0.717) is 23.7 Å². The van der Waals surface area contributed by atoms with Crippen LogP contribution in [-0.4, -0.2) is 34.9 Å². The number of hydrogen-bond acceptors (Lipinski definition) is 6. The minimum atomic E-state index is -6.09. The van der Waals surface area contributed by atoms with Gasteiger partial charge >= 0.3 is 27.9 Å². The first-order valence-corrected chi connectivity index (χ1v) is 16.0. The van der Waals surface area contributed by atoms with Crippen LogP contribution in [0.4, 0.5) is 24.5 Å². The van der Waals surface area contributed by atoms with Crippen molar-refractivity contribution in [2.45, 2.75) is 98.4 Å². The molecule has 0 atom stereocenters. The predicted octanol–water partition coefficient (Wildman–Crippen LogP) is 9.91. The van der Waals surface area contributed by atoms with Crippen LogP contribution in [0.25, 0.3) is 0 Å². The van der Waals surface area contributed by atoms with Gasteiger partial charge < -0.3 is 4.55 Å². The van der Waals surface area contributed by atoms with Gasteiger partial charge in [-0.05, 0) is 71.9 Å². The van der Waals surface area contributed by atoms with Crippen molar-refractivity contribution in [2.24, 2.45) is 9.98 Å². The molecule has 45 heavy (non-hydrogen) atoms. The van der Waals surface area contributed by atoms with E-state index in [0.717, 1.165) is 34.2 Å². The number of benzene rings is 2. The molecule has 1 heterocycles. The van der Waals surface area contributed by atoms with Crippen LogP contribution in [-0.2, 0) is 32.5 Å². The Morgan fingerprint density at radius 1 is 0.644 bits per heavy atom. The third-order valence-electron chi connectivity index (χ3n) is 7.02.